The molecule has 0 spiro atoms. The lowest BCUT2D eigenvalue weighted by Crippen LogP contribution is -2.20. The first-order valence-electron chi connectivity index (χ1n) is 5.14. The minimum Gasteiger partial charge on any atom is -0.390 e. The zero-order chi connectivity index (χ0) is 9.52. The molecule has 1 saturated carbocycles. The highest BCUT2D eigenvalue weighted by Crippen LogP contribution is 2.23. The number of halogens is 1. The summed E-state index contributed by atoms with van der Waals surface area (Å²) in [5, 5.41) is 9.82. The summed E-state index contributed by atoms with van der Waals surface area (Å²) in [6.07, 6.45) is 6.38. The Balaban J connectivity index is 1.98. The molecular formula is C10H19BrO2. The van der Waals surface area contributed by atoms with Gasteiger partial charge in [-0.05, 0) is 18.8 Å². The van der Waals surface area contributed by atoms with Crippen molar-refractivity contribution in [2.75, 3.05) is 18.5 Å². The van der Waals surface area contributed by atoms with Gasteiger partial charge in [-0.3, -0.25) is 0 Å². The molecule has 0 saturated heterocycles. The van der Waals surface area contributed by atoms with Crippen molar-refractivity contribution in [2.45, 2.75) is 38.2 Å². The molecule has 2 nitrogen and oxygen atoms in total. The largest absolute Gasteiger partial charge is 0.390 e. The smallest absolute Gasteiger partial charge is 0.0870 e. The normalized spacial score (nSPS) is 21.7. The van der Waals surface area contributed by atoms with Crippen molar-refractivity contribution < 1.29 is 9.84 Å². The minimum absolute atomic E-state index is 0.344. The Labute approximate surface area is 88.8 Å². The SMILES string of the molecule is OC(CBr)COCC1CCCCC1. The van der Waals surface area contributed by atoms with E-state index in [-0.39, 0.29) is 6.10 Å². The molecule has 1 aliphatic carbocycles. The van der Waals surface area contributed by atoms with Crippen LogP contribution in [-0.2, 0) is 4.74 Å². The van der Waals surface area contributed by atoms with E-state index in [1.807, 2.05) is 0 Å². The first-order chi connectivity index (χ1) is 6.33. The van der Waals surface area contributed by atoms with Crippen LogP contribution in [0.3, 0.4) is 0 Å². The van der Waals surface area contributed by atoms with Crippen LogP contribution >= 0.6 is 15.9 Å². The highest BCUT2D eigenvalue weighted by atomic mass is 79.9. The fraction of sp³-hybridized carbons (Fsp3) is 1.00. The average molecular weight is 251 g/mol. The van der Waals surface area contributed by atoms with Gasteiger partial charge in [-0.1, -0.05) is 35.2 Å². The Morgan fingerprint density at radius 1 is 1.31 bits per heavy atom. The molecule has 78 valence electrons. The van der Waals surface area contributed by atoms with Crippen molar-refractivity contribution in [1.82, 2.24) is 0 Å². The summed E-state index contributed by atoms with van der Waals surface area (Å²) in [6, 6.07) is 0. The fourth-order valence-electron chi connectivity index (χ4n) is 1.77. The highest BCUT2D eigenvalue weighted by Gasteiger charge is 2.13. The van der Waals surface area contributed by atoms with Gasteiger partial charge in [0.2, 0.25) is 0 Å². The number of aliphatic hydroxyl groups excluding tert-OH is 1. The van der Waals surface area contributed by atoms with Crippen LogP contribution in [0, 0.1) is 5.92 Å². The van der Waals surface area contributed by atoms with Crippen molar-refractivity contribution >= 4 is 15.9 Å². The number of hydrogen-bond acceptors (Lipinski definition) is 2. The number of ether oxygens (including phenoxy) is 1. The van der Waals surface area contributed by atoms with E-state index in [4.69, 9.17) is 4.74 Å². The summed E-state index contributed by atoms with van der Waals surface area (Å²) in [5.74, 6) is 0.747. The molecule has 0 amide bonds. The predicted octanol–water partition coefficient (Wildman–Crippen LogP) is 2.34. The summed E-state index contributed by atoms with van der Waals surface area (Å²) in [4.78, 5) is 0. The van der Waals surface area contributed by atoms with E-state index in [2.05, 4.69) is 15.9 Å². The van der Waals surface area contributed by atoms with Crippen molar-refractivity contribution in [1.29, 1.82) is 0 Å². The molecule has 1 aliphatic rings. The van der Waals surface area contributed by atoms with E-state index in [1.54, 1.807) is 0 Å². The Morgan fingerprint density at radius 3 is 2.62 bits per heavy atom. The maximum atomic E-state index is 9.22. The van der Waals surface area contributed by atoms with E-state index in [0.717, 1.165) is 12.5 Å². The molecule has 0 aliphatic heterocycles. The maximum absolute atomic E-state index is 9.22. The number of alkyl halides is 1. The van der Waals surface area contributed by atoms with Gasteiger partial charge in [-0.2, -0.15) is 0 Å². The van der Waals surface area contributed by atoms with Gasteiger partial charge >= 0.3 is 0 Å². The van der Waals surface area contributed by atoms with Crippen molar-refractivity contribution in [3.63, 3.8) is 0 Å². The van der Waals surface area contributed by atoms with Gasteiger partial charge in [0.1, 0.15) is 0 Å². The van der Waals surface area contributed by atoms with E-state index in [9.17, 15) is 5.11 Å². The number of aliphatic hydroxyl groups is 1. The second-order valence-electron chi connectivity index (χ2n) is 3.85. The van der Waals surface area contributed by atoms with Gasteiger partial charge in [0.05, 0.1) is 12.7 Å². The molecule has 0 radical (unpaired) electrons. The lowest BCUT2D eigenvalue weighted by atomic mass is 9.90. The van der Waals surface area contributed by atoms with Gasteiger partial charge in [0.15, 0.2) is 0 Å². The Hall–Kier alpha value is 0.400. The standard InChI is InChI=1S/C10H19BrO2/c11-6-10(12)8-13-7-9-4-2-1-3-5-9/h9-10,12H,1-8H2. The molecule has 13 heavy (non-hydrogen) atoms. The van der Waals surface area contributed by atoms with Crippen LogP contribution < -0.4 is 0 Å². The van der Waals surface area contributed by atoms with Gasteiger partial charge in [-0.25, -0.2) is 0 Å². The van der Waals surface area contributed by atoms with E-state index in [0.29, 0.717) is 11.9 Å². The number of hydrogen-bond donors (Lipinski definition) is 1. The second-order valence-corrected chi connectivity index (χ2v) is 4.50. The first kappa shape index (κ1) is 11.5. The number of rotatable bonds is 5. The van der Waals surface area contributed by atoms with Gasteiger partial charge in [-0.15, -0.1) is 0 Å². The maximum Gasteiger partial charge on any atom is 0.0870 e. The summed E-state index contributed by atoms with van der Waals surface area (Å²) in [5.41, 5.74) is 0. The molecule has 0 aromatic carbocycles. The third-order valence-electron chi connectivity index (χ3n) is 2.57. The molecule has 0 aromatic rings. The first-order valence-corrected chi connectivity index (χ1v) is 6.27. The molecule has 1 unspecified atom stereocenters. The van der Waals surface area contributed by atoms with Crippen LogP contribution in [0.1, 0.15) is 32.1 Å². The lowest BCUT2D eigenvalue weighted by Gasteiger charge is -2.21. The van der Waals surface area contributed by atoms with Crippen LogP contribution in [0.5, 0.6) is 0 Å². The minimum atomic E-state index is -0.344. The highest BCUT2D eigenvalue weighted by molar-refractivity contribution is 9.09. The van der Waals surface area contributed by atoms with E-state index < -0.39 is 0 Å². The molecule has 0 heterocycles. The van der Waals surface area contributed by atoms with Crippen molar-refractivity contribution in [3.8, 4) is 0 Å². The fourth-order valence-corrected chi connectivity index (χ4v) is 1.96. The lowest BCUT2D eigenvalue weighted by molar-refractivity contribution is 0.0253. The van der Waals surface area contributed by atoms with Crippen LogP contribution in [0.25, 0.3) is 0 Å². The molecule has 3 heteroatoms. The average Bonchev–Trinajstić information content (AvgIpc) is 2.19. The topological polar surface area (TPSA) is 29.5 Å². The predicted molar refractivity (Wildman–Crippen MR) is 57.2 cm³/mol. The van der Waals surface area contributed by atoms with Crippen molar-refractivity contribution in [2.24, 2.45) is 5.92 Å². The van der Waals surface area contributed by atoms with Gasteiger partial charge in [0, 0.05) is 11.9 Å². The monoisotopic (exact) mass is 250 g/mol. The molecule has 1 rings (SSSR count). The second kappa shape index (κ2) is 6.80. The molecule has 1 atom stereocenters. The Morgan fingerprint density at radius 2 is 2.00 bits per heavy atom. The molecular weight excluding hydrogens is 232 g/mol. The zero-order valence-corrected chi connectivity index (χ0v) is 9.63. The summed E-state index contributed by atoms with van der Waals surface area (Å²) in [6.45, 7) is 1.31. The van der Waals surface area contributed by atoms with E-state index in [1.165, 1.54) is 32.1 Å². The van der Waals surface area contributed by atoms with E-state index >= 15 is 0 Å². The molecule has 1 fully saturated rings. The third kappa shape index (κ3) is 4.99. The van der Waals surface area contributed by atoms with Crippen LogP contribution in [0.15, 0.2) is 0 Å². The third-order valence-corrected chi connectivity index (χ3v) is 3.31. The quantitative estimate of drug-likeness (QED) is 0.760. The summed E-state index contributed by atoms with van der Waals surface area (Å²) in [7, 11) is 0. The van der Waals surface area contributed by atoms with Crippen LogP contribution in [0.2, 0.25) is 0 Å². The Bertz CT molecular complexity index is 124. The Kier molecular flexibility index (Phi) is 6.00. The van der Waals surface area contributed by atoms with Gasteiger partial charge < -0.3 is 9.84 Å². The summed E-state index contributed by atoms with van der Waals surface area (Å²) < 4.78 is 5.45. The van der Waals surface area contributed by atoms with Crippen LogP contribution in [-0.4, -0.2) is 29.8 Å². The molecule has 0 aromatic heterocycles. The molecule has 1 N–H and O–H groups in total. The van der Waals surface area contributed by atoms with Crippen LogP contribution in [0.4, 0.5) is 0 Å². The zero-order valence-electron chi connectivity index (χ0n) is 8.04. The molecule has 0 bridgehead atoms. The van der Waals surface area contributed by atoms with Gasteiger partial charge in [0.25, 0.3) is 0 Å². The summed E-state index contributed by atoms with van der Waals surface area (Å²) >= 11 is 3.21. The van der Waals surface area contributed by atoms with Crippen molar-refractivity contribution in [3.05, 3.63) is 0 Å².